The molecule has 1 fully saturated rings. The van der Waals surface area contributed by atoms with E-state index in [9.17, 15) is 9.18 Å². The number of hydrogen-bond acceptors (Lipinski definition) is 2. The van der Waals surface area contributed by atoms with Gasteiger partial charge >= 0.3 is 0 Å². The minimum Gasteiger partial charge on any atom is -0.310 e. The van der Waals surface area contributed by atoms with E-state index < -0.39 is 0 Å². The fourth-order valence-electron chi connectivity index (χ4n) is 2.56. The summed E-state index contributed by atoms with van der Waals surface area (Å²) in [5, 5.41) is 0. The summed E-state index contributed by atoms with van der Waals surface area (Å²) in [5.74, 6) is 0.705. The van der Waals surface area contributed by atoms with Gasteiger partial charge in [0.05, 0.1) is 5.69 Å². The highest BCUT2D eigenvalue weighted by Gasteiger charge is 2.28. The van der Waals surface area contributed by atoms with Gasteiger partial charge in [0.25, 0.3) is 5.56 Å². The van der Waals surface area contributed by atoms with Crippen molar-refractivity contribution in [2.75, 3.05) is 0 Å². The number of halogens is 1. The monoisotopic (exact) mass is 272 g/mol. The molecule has 1 aromatic heterocycles. The molecule has 1 heterocycles. The Hall–Kier alpha value is -1.97. The smallest absolute Gasteiger partial charge is 0.254 e. The molecule has 2 aromatic rings. The van der Waals surface area contributed by atoms with Crippen molar-refractivity contribution in [3.63, 3.8) is 0 Å². The van der Waals surface area contributed by atoms with Crippen molar-refractivity contribution in [2.24, 2.45) is 0 Å². The second-order valence-electron chi connectivity index (χ2n) is 5.64. The predicted molar refractivity (Wildman–Crippen MR) is 76.4 cm³/mol. The SMILES string of the molecule is Cc1cc(C)c(-c2nc(C3CC3)[nH]c(=O)c2C)c(F)c1. The van der Waals surface area contributed by atoms with E-state index in [1.807, 2.05) is 19.9 Å². The predicted octanol–water partition coefficient (Wildman–Crippen LogP) is 3.38. The van der Waals surface area contributed by atoms with Gasteiger partial charge < -0.3 is 4.98 Å². The second kappa shape index (κ2) is 4.54. The molecule has 0 unspecified atom stereocenters. The van der Waals surface area contributed by atoms with Crippen LogP contribution in [-0.2, 0) is 0 Å². The first kappa shape index (κ1) is 13.0. The van der Waals surface area contributed by atoms with Crippen molar-refractivity contribution in [1.82, 2.24) is 9.97 Å². The summed E-state index contributed by atoms with van der Waals surface area (Å²) < 4.78 is 14.3. The molecule has 0 bridgehead atoms. The number of H-pyrrole nitrogens is 1. The molecule has 3 nitrogen and oxygen atoms in total. The van der Waals surface area contributed by atoms with E-state index in [2.05, 4.69) is 9.97 Å². The van der Waals surface area contributed by atoms with Crippen LogP contribution in [0.1, 0.15) is 41.3 Å². The van der Waals surface area contributed by atoms with Gasteiger partial charge in [-0.05, 0) is 50.8 Å². The number of aryl methyl sites for hydroxylation is 2. The van der Waals surface area contributed by atoms with Crippen LogP contribution >= 0.6 is 0 Å². The molecule has 3 rings (SSSR count). The molecule has 1 aliphatic rings. The Morgan fingerprint density at radius 2 is 1.95 bits per heavy atom. The highest BCUT2D eigenvalue weighted by Crippen LogP contribution is 2.38. The van der Waals surface area contributed by atoms with Gasteiger partial charge in [-0.2, -0.15) is 0 Å². The summed E-state index contributed by atoms with van der Waals surface area (Å²) in [5.41, 5.74) is 2.90. The van der Waals surface area contributed by atoms with Crippen LogP contribution in [0.15, 0.2) is 16.9 Å². The average molecular weight is 272 g/mol. The lowest BCUT2D eigenvalue weighted by Gasteiger charge is -2.12. The molecule has 0 saturated heterocycles. The zero-order chi connectivity index (χ0) is 14.4. The zero-order valence-corrected chi connectivity index (χ0v) is 11.9. The van der Waals surface area contributed by atoms with Crippen LogP contribution in [0.2, 0.25) is 0 Å². The minimum absolute atomic E-state index is 0.170. The van der Waals surface area contributed by atoms with Gasteiger partial charge in [0.1, 0.15) is 11.6 Å². The van der Waals surface area contributed by atoms with Gasteiger partial charge in [0, 0.05) is 17.0 Å². The van der Waals surface area contributed by atoms with Crippen LogP contribution in [-0.4, -0.2) is 9.97 Å². The van der Waals surface area contributed by atoms with Crippen LogP contribution < -0.4 is 5.56 Å². The fraction of sp³-hybridized carbons (Fsp3) is 0.375. The molecule has 0 atom stereocenters. The Morgan fingerprint density at radius 1 is 1.25 bits per heavy atom. The van der Waals surface area contributed by atoms with Crippen molar-refractivity contribution in [2.45, 2.75) is 39.5 Å². The number of benzene rings is 1. The first-order valence-corrected chi connectivity index (χ1v) is 6.85. The molecule has 1 N–H and O–H groups in total. The van der Waals surface area contributed by atoms with Crippen LogP contribution in [0.3, 0.4) is 0 Å². The van der Waals surface area contributed by atoms with Gasteiger partial charge in [-0.25, -0.2) is 9.37 Å². The summed E-state index contributed by atoms with van der Waals surface area (Å²) >= 11 is 0. The highest BCUT2D eigenvalue weighted by molar-refractivity contribution is 5.67. The van der Waals surface area contributed by atoms with E-state index in [-0.39, 0.29) is 11.4 Å². The highest BCUT2D eigenvalue weighted by atomic mass is 19.1. The number of aromatic amines is 1. The molecule has 0 aliphatic heterocycles. The zero-order valence-electron chi connectivity index (χ0n) is 11.9. The maximum Gasteiger partial charge on any atom is 0.254 e. The fourth-order valence-corrected chi connectivity index (χ4v) is 2.56. The Bertz CT molecular complexity index is 722. The first-order chi connectivity index (χ1) is 9.47. The third-order valence-electron chi connectivity index (χ3n) is 3.80. The number of nitrogens with zero attached hydrogens (tertiary/aromatic N) is 1. The Labute approximate surface area is 116 Å². The van der Waals surface area contributed by atoms with Crippen molar-refractivity contribution in [3.05, 3.63) is 50.8 Å². The van der Waals surface area contributed by atoms with E-state index in [0.717, 1.165) is 24.0 Å². The molecule has 0 amide bonds. The number of aromatic nitrogens is 2. The molecule has 20 heavy (non-hydrogen) atoms. The van der Waals surface area contributed by atoms with E-state index in [0.29, 0.717) is 28.6 Å². The van der Waals surface area contributed by atoms with Gasteiger partial charge in [-0.15, -0.1) is 0 Å². The van der Waals surface area contributed by atoms with Crippen LogP contribution in [0.25, 0.3) is 11.3 Å². The lowest BCUT2D eigenvalue weighted by Crippen LogP contribution is -2.16. The van der Waals surface area contributed by atoms with Crippen LogP contribution in [0, 0.1) is 26.6 Å². The first-order valence-electron chi connectivity index (χ1n) is 6.85. The van der Waals surface area contributed by atoms with Crippen LogP contribution in [0.4, 0.5) is 4.39 Å². The number of rotatable bonds is 2. The van der Waals surface area contributed by atoms with Crippen molar-refractivity contribution in [1.29, 1.82) is 0 Å². The average Bonchev–Trinajstić information content (AvgIpc) is 3.17. The van der Waals surface area contributed by atoms with Crippen molar-refractivity contribution >= 4 is 0 Å². The maximum atomic E-state index is 14.3. The normalized spacial score (nSPS) is 14.6. The van der Waals surface area contributed by atoms with Gasteiger partial charge in [0.2, 0.25) is 0 Å². The molecule has 1 aliphatic carbocycles. The lowest BCUT2D eigenvalue weighted by molar-refractivity contribution is 0.628. The summed E-state index contributed by atoms with van der Waals surface area (Å²) in [6.07, 6.45) is 2.08. The number of hydrogen-bond donors (Lipinski definition) is 1. The Balaban J connectivity index is 2.26. The van der Waals surface area contributed by atoms with E-state index in [1.54, 1.807) is 6.92 Å². The Kier molecular flexibility index (Phi) is 2.96. The van der Waals surface area contributed by atoms with E-state index >= 15 is 0 Å². The summed E-state index contributed by atoms with van der Waals surface area (Å²) in [6, 6.07) is 3.40. The molecular formula is C16H17FN2O. The quantitative estimate of drug-likeness (QED) is 0.911. The molecule has 0 spiro atoms. The molecule has 1 saturated carbocycles. The Morgan fingerprint density at radius 3 is 2.55 bits per heavy atom. The van der Waals surface area contributed by atoms with E-state index in [1.165, 1.54) is 6.07 Å². The maximum absolute atomic E-state index is 14.3. The molecular weight excluding hydrogens is 255 g/mol. The lowest BCUT2D eigenvalue weighted by atomic mass is 9.99. The van der Waals surface area contributed by atoms with Crippen molar-refractivity contribution in [3.8, 4) is 11.3 Å². The number of nitrogens with one attached hydrogen (secondary N) is 1. The third kappa shape index (κ3) is 2.15. The minimum atomic E-state index is -0.314. The van der Waals surface area contributed by atoms with E-state index in [4.69, 9.17) is 0 Å². The molecule has 0 radical (unpaired) electrons. The second-order valence-corrected chi connectivity index (χ2v) is 5.64. The topological polar surface area (TPSA) is 45.8 Å². The molecule has 4 heteroatoms. The summed E-state index contributed by atoms with van der Waals surface area (Å²) in [6.45, 7) is 5.40. The van der Waals surface area contributed by atoms with Gasteiger partial charge in [-0.1, -0.05) is 6.07 Å². The summed E-state index contributed by atoms with van der Waals surface area (Å²) in [4.78, 5) is 19.4. The molecule has 104 valence electrons. The summed E-state index contributed by atoms with van der Waals surface area (Å²) in [7, 11) is 0. The molecule has 1 aromatic carbocycles. The van der Waals surface area contributed by atoms with Gasteiger partial charge in [-0.3, -0.25) is 4.79 Å². The third-order valence-corrected chi connectivity index (χ3v) is 3.80. The standard InChI is InChI=1S/C16H17FN2O/c1-8-6-9(2)13(12(17)7-8)14-10(3)16(20)19-15(18-14)11-4-5-11/h6-7,11H,4-5H2,1-3H3,(H,18,19,20). The van der Waals surface area contributed by atoms with Gasteiger partial charge in [0.15, 0.2) is 0 Å². The van der Waals surface area contributed by atoms with Crippen molar-refractivity contribution < 1.29 is 4.39 Å². The van der Waals surface area contributed by atoms with Crippen LogP contribution in [0.5, 0.6) is 0 Å². The largest absolute Gasteiger partial charge is 0.310 e.